The summed E-state index contributed by atoms with van der Waals surface area (Å²) in [6, 6.07) is 13.4. The summed E-state index contributed by atoms with van der Waals surface area (Å²) in [6.45, 7) is 1.97. The standard InChI is InChI=1S/C16H12N4O3S/c1-10-5-7-11(8-6-10)14-15(24-19-18-14)16(21)17-12-3-2-4-13(9-12)20(22)23/h2-9H,1H3,(H,17,21). The predicted octanol–water partition coefficient (Wildman–Crippen LogP) is 3.67. The second-order valence-electron chi connectivity index (χ2n) is 5.08. The Labute approximate surface area is 141 Å². The molecule has 120 valence electrons. The molecular weight excluding hydrogens is 328 g/mol. The van der Waals surface area contributed by atoms with Gasteiger partial charge in [0.2, 0.25) is 0 Å². The Morgan fingerprint density at radius 3 is 2.67 bits per heavy atom. The largest absolute Gasteiger partial charge is 0.321 e. The van der Waals surface area contributed by atoms with Crippen molar-refractivity contribution in [3.05, 3.63) is 69.1 Å². The number of anilines is 1. The van der Waals surface area contributed by atoms with Gasteiger partial charge in [0, 0.05) is 23.4 Å². The van der Waals surface area contributed by atoms with Crippen molar-refractivity contribution in [3.63, 3.8) is 0 Å². The van der Waals surface area contributed by atoms with Gasteiger partial charge in [0.05, 0.1) is 4.92 Å². The molecule has 1 N–H and O–H groups in total. The molecule has 1 amide bonds. The molecule has 0 radical (unpaired) electrons. The third-order valence-electron chi connectivity index (χ3n) is 3.33. The van der Waals surface area contributed by atoms with Crippen molar-refractivity contribution < 1.29 is 9.72 Å². The topological polar surface area (TPSA) is 98.0 Å². The Morgan fingerprint density at radius 1 is 1.21 bits per heavy atom. The lowest BCUT2D eigenvalue weighted by Gasteiger charge is -2.05. The minimum atomic E-state index is -0.512. The number of hydrogen-bond acceptors (Lipinski definition) is 6. The molecule has 1 heterocycles. The molecule has 0 fully saturated rings. The van der Waals surface area contributed by atoms with E-state index in [9.17, 15) is 14.9 Å². The molecule has 0 aliphatic heterocycles. The first-order valence-corrected chi connectivity index (χ1v) is 7.77. The monoisotopic (exact) mass is 340 g/mol. The van der Waals surface area contributed by atoms with Crippen molar-refractivity contribution in [3.8, 4) is 11.3 Å². The molecule has 0 saturated carbocycles. The minimum Gasteiger partial charge on any atom is -0.321 e. The van der Waals surface area contributed by atoms with Gasteiger partial charge in [0.15, 0.2) is 0 Å². The molecule has 0 aliphatic carbocycles. The van der Waals surface area contributed by atoms with Crippen molar-refractivity contribution in [1.82, 2.24) is 9.59 Å². The molecule has 0 spiro atoms. The van der Waals surface area contributed by atoms with Crippen LogP contribution in [-0.4, -0.2) is 20.4 Å². The van der Waals surface area contributed by atoms with E-state index in [1.165, 1.54) is 18.2 Å². The number of hydrogen-bond donors (Lipinski definition) is 1. The van der Waals surface area contributed by atoms with E-state index in [4.69, 9.17) is 0 Å². The molecule has 3 rings (SSSR count). The number of non-ortho nitro benzene ring substituents is 1. The second kappa shape index (κ2) is 6.55. The SMILES string of the molecule is Cc1ccc(-c2nnsc2C(=O)Nc2cccc([N+](=O)[O-])c2)cc1. The van der Waals surface area contributed by atoms with E-state index in [1.54, 1.807) is 6.07 Å². The van der Waals surface area contributed by atoms with Gasteiger partial charge in [-0.1, -0.05) is 40.4 Å². The van der Waals surface area contributed by atoms with E-state index in [0.717, 1.165) is 22.7 Å². The van der Waals surface area contributed by atoms with Gasteiger partial charge >= 0.3 is 0 Å². The maximum absolute atomic E-state index is 12.5. The first-order valence-electron chi connectivity index (χ1n) is 7.00. The van der Waals surface area contributed by atoms with Gasteiger partial charge in [-0.05, 0) is 24.5 Å². The van der Waals surface area contributed by atoms with E-state index >= 15 is 0 Å². The van der Waals surface area contributed by atoms with Gasteiger partial charge in [0.25, 0.3) is 11.6 Å². The van der Waals surface area contributed by atoms with Crippen LogP contribution in [0.2, 0.25) is 0 Å². The van der Waals surface area contributed by atoms with Crippen LogP contribution in [0.5, 0.6) is 0 Å². The number of aryl methyl sites for hydroxylation is 1. The minimum absolute atomic E-state index is 0.0889. The quantitative estimate of drug-likeness (QED) is 0.577. The van der Waals surface area contributed by atoms with Crippen molar-refractivity contribution in [2.24, 2.45) is 0 Å². The summed E-state index contributed by atoms with van der Waals surface area (Å²) in [5, 5.41) is 17.5. The molecule has 8 heteroatoms. The van der Waals surface area contributed by atoms with Crippen molar-refractivity contribution in [2.45, 2.75) is 6.92 Å². The number of benzene rings is 2. The van der Waals surface area contributed by atoms with Crippen LogP contribution in [-0.2, 0) is 0 Å². The van der Waals surface area contributed by atoms with Gasteiger partial charge in [-0.25, -0.2) is 0 Å². The van der Waals surface area contributed by atoms with Crippen LogP contribution in [0.1, 0.15) is 15.2 Å². The van der Waals surface area contributed by atoms with Gasteiger partial charge in [-0.3, -0.25) is 14.9 Å². The molecule has 7 nitrogen and oxygen atoms in total. The highest BCUT2D eigenvalue weighted by Crippen LogP contribution is 2.26. The summed E-state index contributed by atoms with van der Waals surface area (Å²) in [6.07, 6.45) is 0. The van der Waals surface area contributed by atoms with E-state index in [1.807, 2.05) is 31.2 Å². The number of carbonyl (C=O) groups is 1. The number of nitrogens with one attached hydrogen (secondary N) is 1. The Balaban J connectivity index is 1.86. The van der Waals surface area contributed by atoms with Crippen LogP contribution in [0, 0.1) is 17.0 Å². The zero-order chi connectivity index (χ0) is 17.1. The zero-order valence-corrected chi connectivity index (χ0v) is 13.4. The lowest BCUT2D eigenvalue weighted by Crippen LogP contribution is -2.11. The van der Waals surface area contributed by atoms with Crippen LogP contribution in [0.25, 0.3) is 11.3 Å². The maximum atomic E-state index is 12.5. The Kier molecular flexibility index (Phi) is 4.30. The average molecular weight is 340 g/mol. The van der Waals surface area contributed by atoms with Gasteiger partial charge in [-0.15, -0.1) is 5.10 Å². The van der Waals surface area contributed by atoms with E-state index in [-0.39, 0.29) is 5.69 Å². The maximum Gasteiger partial charge on any atom is 0.271 e. The van der Waals surface area contributed by atoms with Crippen molar-refractivity contribution in [1.29, 1.82) is 0 Å². The molecule has 1 aromatic heterocycles. The number of nitrogens with zero attached hydrogens (tertiary/aromatic N) is 3. The van der Waals surface area contributed by atoms with Crippen LogP contribution in [0.15, 0.2) is 48.5 Å². The number of amides is 1. The summed E-state index contributed by atoms with van der Waals surface area (Å²) in [5.74, 6) is -0.402. The summed E-state index contributed by atoms with van der Waals surface area (Å²) < 4.78 is 3.85. The van der Waals surface area contributed by atoms with Gasteiger partial charge < -0.3 is 5.32 Å². The predicted molar refractivity (Wildman–Crippen MR) is 91.1 cm³/mol. The van der Waals surface area contributed by atoms with E-state index < -0.39 is 10.8 Å². The highest BCUT2D eigenvalue weighted by Gasteiger charge is 2.18. The number of carbonyl (C=O) groups excluding carboxylic acids is 1. The molecular formula is C16H12N4O3S. The van der Waals surface area contributed by atoms with E-state index in [0.29, 0.717) is 16.3 Å². The fraction of sp³-hybridized carbons (Fsp3) is 0.0625. The smallest absolute Gasteiger partial charge is 0.271 e. The Bertz CT molecular complexity index is 906. The summed E-state index contributed by atoms with van der Waals surface area (Å²) >= 11 is 0.979. The summed E-state index contributed by atoms with van der Waals surface area (Å²) in [4.78, 5) is 23.1. The van der Waals surface area contributed by atoms with E-state index in [2.05, 4.69) is 14.9 Å². The fourth-order valence-corrected chi connectivity index (χ4v) is 2.71. The number of nitro groups is 1. The summed E-state index contributed by atoms with van der Waals surface area (Å²) in [5.41, 5.74) is 2.64. The van der Waals surface area contributed by atoms with Gasteiger partial charge in [-0.2, -0.15) is 0 Å². The molecule has 0 saturated heterocycles. The summed E-state index contributed by atoms with van der Waals surface area (Å²) in [7, 11) is 0. The Morgan fingerprint density at radius 2 is 1.96 bits per heavy atom. The molecule has 0 bridgehead atoms. The lowest BCUT2D eigenvalue weighted by molar-refractivity contribution is -0.384. The molecule has 0 unspecified atom stereocenters. The molecule has 24 heavy (non-hydrogen) atoms. The third kappa shape index (κ3) is 3.28. The van der Waals surface area contributed by atoms with Crippen molar-refractivity contribution >= 4 is 28.8 Å². The molecule has 3 aromatic rings. The Hall–Kier alpha value is -3.13. The highest BCUT2D eigenvalue weighted by molar-refractivity contribution is 7.08. The lowest BCUT2D eigenvalue weighted by atomic mass is 10.1. The third-order valence-corrected chi connectivity index (χ3v) is 4.06. The second-order valence-corrected chi connectivity index (χ2v) is 5.83. The van der Waals surface area contributed by atoms with Crippen LogP contribution >= 0.6 is 11.5 Å². The average Bonchev–Trinajstić information content (AvgIpc) is 3.05. The van der Waals surface area contributed by atoms with Crippen LogP contribution in [0.3, 0.4) is 0 Å². The van der Waals surface area contributed by atoms with Gasteiger partial charge in [0.1, 0.15) is 10.6 Å². The number of rotatable bonds is 4. The first kappa shape index (κ1) is 15.8. The molecule has 2 aromatic carbocycles. The zero-order valence-electron chi connectivity index (χ0n) is 12.6. The highest BCUT2D eigenvalue weighted by atomic mass is 32.1. The molecule has 0 atom stereocenters. The van der Waals surface area contributed by atoms with Crippen molar-refractivity contribution in [2.75, 3.05) is 5.32 Å². The normalized spacial score (nSPS) is 10.4. The first-order chi connectivity index (χ1) is 11.5. The number of nitro benzene ring substituents is 1. The number of aromatic nitrogens is 2. The van der Waals surface area contributed by atoms with Crippen LogP contribution in [0.4, 0.5) is 11.4 Å². The fourth-order valence-electron chi connectivity index (χ4n) is 2.13. The van der Waals surface area contributed by atoms with Crippen LogP contribution < -0.4 is 5.32 Å². The molecule has 0 aliphatic rings.